The van der Waals surface area contributed by atoms with Gasteiger partial charge in [0.1, 0.15) is 0 Å². The maximum atomic E-state index is 11.6. The minimum atomic E-state index is -3.35. The molecular formula is C11H15N3O2S. The van der Waals surface area contributed by atoms with Crippen molar-refractivity contribution in [2.24, 2.45) is 0 Å². The SMILES string of the molecule is CCCCS(=O)(=O)Nc1ccc(C#N)cc1N. The fraction of sp³-hybridized carbons (Fsp3) is 0.364. The van der Waals surface area contributed by atoms with Crippen molar-refractivity contribution in [1.29, 1.82) is 5.26 Å². The van der Waals surface area contributed by atoms with Gasteiger partial charge in [0, 0.05) is 0 Å². The number of nitriles is 1. The Morgan fingerprint density at radius 1 is 1.47 bits per heavy atom. The van der Waals surface area contributed by atoms with E-state index >= 15 is 0 Å². The summed E-state index contributed by atoms with van der Waals surface area (Å²) in [5, 5.41) is 8.66. The summed E-state index contributed by atoms with van der Waals surface area (Å²) in [6.07, 6.45) is 1.41. The van der Waals surface area contributed by atoms with E-state index in [1.807, 2.05) is 13.0 Å². The third-order valence-electron chi connectivity index (χ3n) is 2.21. The maximum Gasteiger partial charge on any atom is 0.232 e. The van der Waals surface area contributed by atoms with Crippen LogP contribution < -0.4 is 10.5 Å². The first-order valence-electron chi connectivity index (χ1n) is 5.28. The zero-order valence-corrected chi connectivity index (χ0v) is 10.4. The standard InChI is InChI=1S/C11H15N3O2S/c1-2-3-6-17(15,16)14-11-5-4-9(8-12)7-10(11)13/h4-5,7,14H,2-3,6,13H2,1H3. The quantitative estimate of drug-likeness (QED) is 0.780. The van der Waals surface area contributed by atoms with E-state index in [0.29, 0.717) is 17.7 Å². The molecule has 0 atom stereocenters. The largest absolute Gasteiger partial charge is 0.397 e. The minimum Gasteiger partial charge on any atom is -0.397 e. The average molecular weight is 253 g/mol. The van der Waals surface area contributed by atoms with Crippen molar-refractivity contribution in [2.75, 3.05) is 16.2 Å². The van der Waals surface area contributed by atoms with Gasteiger partial charge in [0.25, 0.3) is 0 Å². The lowest BCUT2D eigenvalue weighted by atomic mass is 10.2. The molecule has 1 aromatic rings. The maximum absolute atomic E-state index is 11.6. The molecule has 17 heavy (non-hydrogen) atoms. The van der Waals surface area contributed by atoms with Crippen LogP contribution in [0.15, 0.2) is 18.2 Å². The van der Waals surface area contributed by atoms with Crippen LogP contribution in [-0.2, 0) is 10.0 Å². The molecule has 0 aromatic heterocycles. The first-order chi connectivity index (χ1) is 7.98. The van der Waals surface area contributed by atoms with Gasteiger partial charge in [-0.3, -0.25) is 4.72 Å². The smallest absolute Gasteiger partial charge is 0.232 e. The molecule has 3 N–H and O–H groups in total. The van der Waals surface area contributed by atoms with Gasteiger partial charge in [-0.2, -0.15) is 5.26 Å². The second kappa shape index (κ2) is 5.55. The number of hydrogen-bond donors (Lipinski definition) is 2. The Balaban J connectivity index is 2.86. The summed E-state index contributed by atoms with van der Waals surface area (Å²) >= 11 is 0. The molecule has 0 saturated carbocycles. The van der Waals surface area contributed by atoms with Gasteiger partial charge in [-0.25, -0.2) is 8.42 Å². The van der Waals surface area contributed by atoms with Gasteiger partial charge >= 0.3 is 0 Å². The van der Waals surface area contributed by atoms with Crippen LogP contribution in [0.1, 0.15) is 25.3 Å². The molecule has 6 heteroatoms. The van der Waals surface area contributed by atoms with Crippen LogP contribution in [0.3, 0.4) is 0 Å². The van der Waals surface area contributed by atoms with Gasteiger partial charge < -0.3 is 5.73 Å². The summed E-state index contributed by atoms with van der Waals surface area (Å²) in [4.78, 5) is 0. The third kappa shape index (κ3) is 3.96. The van der Waals surface area contributed by atoms with Crippen molar-refractivity contribution >= 4 is 21.4 Å². The molecular weight excluding hydrogens is 238 g/mol. The van der Waals surface area contributed by atoms with Crippen molar-refractivity contribution < 1.29 is 8.42 Å². The molecule has 0 saturated heterocycles. The summed E-state index contributed by atoms with van der Waals surface area (Å²) < 4.78 is 25.7. The zero-order chi connectivity index (χ0) is 12.9. The van der Waals surface area contributed by atoms with Gasteiger partial charge in [0.05, 0.1) is 28.8 Å². The number of nitrogens with zero attached hydrogens (tertiary/aromatic N) is 1. The van der Waals surface area contributed by atoms with Crippen LogP contribution in [0.5, 0.6) is 0 Å². The summed E-state index contributed by atoms with van der Waals surface area (Å²) in [5.74, 6) is 0.0724. The van der Waals surface area contributed by atoms with Crippen molar-refractivity contribution in [2.45, 2.75) is 19.8 Å². The summed E-state index contributed by atoms with van der Waals surface area (Å²) in [7, 11) is -3.35. The molecule has 5 nitrogen and oxygen atoms in total. The van der Waals surface area contributed by atoms with Crippen molar-refractivity contribution in [3.8, 4) is 6.07 Å². The lowest BCUT2D eigenvalue weighted by Gasteiger charge is -2.09. The Bertz CT molecular complexity index is 532. The lowest BCUT2D eigenvalue weighted by molar-refractivity contribution is 0.598. The predicted molar refractivity (Wildman–Crippen MR) is 67.9 cm³/mol. The van der Waals surface area contributed by atoms with Crippen LogP contribution in [0.4, 0.5) is 11.4 Å². The Morgan fingerprint density at radius 2 is 2.18 bits per heavy atom. The van der Waals surface area contributed by atoms with Gasteiger partial charge in [0.15, 0.2) is 0 Å². The molecule has 92 valence electrons. The van der Waals surface area contributed by atoms with Crippen LogP contribution in [0.25, 0.3) is 0 Å². The molecule has 0 radical (unpaired) electrons. The highest BCUT2D eigenvalue weighted by atomic mass is 32.2. The monoisotopic (exact) mass is 253 g/mol. The van der Waals surface area contributed by atoms with E-state index in [0.717, 1.165) is 6.42 Å². The molecule has 0 aliphatic carbocycles. The summed E-state index contributed by atoms with van der Waals surface area (Å²) in [5.41, 5.74) is 6.63. The highest BCUT2D eigenvalue weighted by molar-refractivity contribution is 7.92. The van der Waals surface area contributed by atoms with Gasteiger partial charge in [-0.1, -0.05) is 13.3 Å². The number of benzene rings is 1. The first kappa shape index (κ1) is 13.3. The Morgan fingerprint density at radius 3 is 2.71 bits per heavy atom. The Hall–Kier alpha value is -1.74. The number of sulfonamides is 1. The molecule has 0 aliphatic rings. The molecule has 1 aromatic carbocycles. The molecule has 0 unspecified atom stereocenters. The van der Waals surface area contributed by atoms with E-state index < -0.39 is 10.0 Å². The van der Waals surface area contributed by atoms with E-state index in [9.17, 15) is 8.42 Å². The number of unbranched alkanes of at least 4 members (excludes halogenated alkanes) is 1. The van der Waals surface area contributed by atoms with E-state index in [1.165, 1.54) is 18.2 Å². The van der Waals surface area contributed by atoms with E-state index in [4.69, 9.17) is 11.0 Å². The highest BCUT2D eigenvalue weighted by Crippen LogP contribution is 2.21. The molecule has 0 spiro atoms. The van der Waals surface area contributed by atoms with Crippen LogP contribution >= 0.6 is 0 Å². The topological polar surface area (TPSA) is 96.0 Å². The number of hydrogen-bond acceptors (Lipinski definition) is 4. The van der Waals surface area contributed by atoms with Crippen molar-refractivity contribution in [3.05, 3.63) is 23.8 Å². The molecule has 0 heterocycles. The molecule has 1 rings (SSSR count). The Kier molecular flexibility index (Phi) is 4.35. The fourth-order valence-corrected chi connectivity index (χ4v) is 2.57. The van der Waals surface area contributed by atoms with Gasteiger partial charge in [0.2, 0.25) is 10.0 Å². The molecule has 0 amide bonds. The Labute approximate surface area is 101 Å². The van der Waals surface area contributed by atoms with Crippen LogP contribution in [0, 0.1) is 11.3 Å². The van der Waals surface area contributed by atoms with Crippen molar-refractivity contribution in [1.82, 2.24) is 0 Å². The molecule has 0 fully saturated rings. The van der Waals surface area contributed by atoms with Crippen molar-refractivity contribution in [3.63, 3.8) is 0 Å². The normalized spacial score (nSPS) is 10.8. The van der Waals surface area contributed by atoms with Gasteiger partial charge in [-0.05, 0) is 24.6 Å². The van der Waals surface area contributed by atoms with Crippen LogP contribution in [0.2, 0.25) is 0 Å². The zero-order valence-electron chi connectivity index (χ0n) is 9.60. The van der Waals surface area contributed by atoms with E-state index in [1.54, 1.807) is 0 Å². The number of nitrogens with two attached hydrogens (primary N) is 1. The van der Waals surface area contributed by atoms with E-state index in [-0.39, 0.29) is 11.4 Å². The second-order valence-electron chi connectivity index (χ2n) is 3.69. The lowest BCUT2D eigenvalue weighted by Crippen LogP contribution is -2.17. The molecule has 0 bridgehead atoms. The van der Waals surface area contributed by atoms with E-state index in [2.05, 4.69) is 4.72 Å². The fourth-order valence-electron chi connectivity index (χ4n) is 1.28. The second-order valence-corrected chi connectivity index (χ2v) is 5.53. The van der Waals surface area contributed by atoms with Crippen LogP contribution in [-0.4, -0.2) is 14.2 Å². The number of nitrogens with one attached hydrogen (secondary N) is 1. The number of rotatable bonds is 5. The number of nitrogen functional groups attached to an aromatic ring is 1. The summed E-state index contributed by atoms with van der Waals surface area (Å²) in [6, 6.07) is 6.40. The minimum absolute atomic E-state index is 0.0724. The third-order valence-corrected chi connectivity index (χ3v) is 3.57. The summed E-state index contributed by atoms with van der Waals surface area (Å²) in [6.45, 7) is 1.92. The predicted octanol–water partition coefficient (Wildman–Crippen LogP) is 1.68. The number of anilines is 2. The van der Waals surface area contributed by atoms with Gasteiger partial charge in [-0.15, -0.1) is 0 Å². The molecule has 0 aliphatic heterocycles. The highest BCUT2D eigenvalue weighted by Gasteiger charge is 2.11. The first-order valence-corrected chi connectivity index (χ1v) is 6.94. The average Bonchev–Trinajstić information content (AvgIpc) is 2.29.